The van der Waals surface area contributed by atoms with Crippen LogP contribution in [0.1, 0.15) is 31.9 Å². The molecule has 1 unspecified atom stereocenters. The number of hydrogen-bond acceptors (Lipinski definition) is 2. The molecule has 76 valence electrons. The predicted octanol–water partition coefficient (Wildman–Crippen LogP) is 2.46. The lowest BCUT2D eigenvalue weighted by Crippen LogP contribution is -2.28. The number of likely N-dealkylation sites (tertiary alicyclic amines) is 1. The topological polar surface area (TPSA) is 16.1 Å². The largest absolute Gasteiger partial charge is 0.295 e. The first-order chi connectivity index (χ1) is 6.90. The quantitative estimate of drug-likeness (QED) is 0.728. The van der Waals surface area contributed by atoms with Crippen LogP contribution in [-0.2, 0) is 6.54 Å². The maximum absolute atomic E-state index is 4.37. The van der Waals surface area contributed by atoms with Crippen molar-refractivity contribution in [2.24, 2.45) is 0 Å². The molecule has 2 rings (SSSR count). The van der Waals surface area contributed by atoms with Crippen LogP contribution in [0.15, 0.2) is 24.4 Å². The molecule has 2 nitrogen and oxygen atoms in total. The van der Waals surface area contributed by atoms with E-state index in [2.05, 4.69) is 28.9 Å². The van der Waals surface area contributed by atoms with Crippen LogP contribution in [0, 0.1) is 0 Å². The van der Waals surface area contributed by atoms with Crippen LogP contribution in [0.5, 0.6) is 0 Å². The van der Waals surface area contributed by atoms with Gasteiger partial charge in [-0.2, -0.15) is 0 Å². The van der Waals surface area contributed by atoms with E-state index >= 15 is 0 Å². The van der Waals surface area contributed by atoms with E-state index in [1.54, 1.807) is 0 Å². The first-order valence-electron chi connectivity index (χ1n) is 5.54. The minimum Gasteiger partial charge on any atom is -0.295 e. The lowest BCUT2D eigenvalue weighted by Gasteiger charge is -2.22. The van der Waals surface area contributed by atoms with Gasteiger partial charge in [0.2, 0.25) is 0 Å². The van der Waals surface area contributed by atoms with Crippen molar-refractivity contribution in [3.8, 4) is 0 Å². The summed E-state index contributed by atoms with van der Waals surface area (Å²) in [4.78, 5) is 6.93. The third kappa shape index (κ3) is 2.13. The van der Waals surface area contributed by atoms with Gasteiger partial charge >= 0.3 is 0 Å². The summed E-state index contributed by atoms with van der Waals surface area (Å²) < 4.78 is 0. The second-order valence-electron chi connectivity index (χ2n) is 4.00. The molecule has 0 aliphatic carbocycles. The standard InChI is InChI=1S/C12H18N2/c1-2-12-7-5-9-14(12)10-11-6-3-4-8-13-11/h3-4,6,8,12H,2,5,7,9-10H2,1H3. The third-order valence-corrected chi connectivity index (χ3v) is 3.06. The molecule has 1 atom stereocenters. The Morgan fingerprint density at radius 1 is 1.50 bits per heavy atom. The highest BCUT2D eigenvalue weighted by atomic mass is 15.2. The SMILES string of the molecule is CCC1CCCN1Cc1ccccn1. The Labute approximate surface area is 86.0 Å². The summed E-state index contributed by atoms with van der Waals surface area (Å²) in [6, 6.07) is 6.95. The van der Waals surface area contributed by atoms with E-state index in [9.17, 15) is 0 Å². The highest BCUT2D eigenvalue weighted by Gasteiger charge is 2.22. The molecule has 0 aromatic carbocycles. The highest BCUT2D eigenvalue weighted by molar-refractivity contribution is 5.03. The Hall–Kier alpha value is -0.890. The molecule has 0 spiro atoms. The van der Waals surface area contributed by atoms with E-state index in [0.717, 1.165) is 12.6 Å². The smallest absolute Gasteiger partial charge is 0.0544 e. The first-order valence-corrected chi connectivity index (χ1v) is 5.54. The van der Waals surface area contributed by atoms with Gasteiger partial charge in [-0.15, -0.1) is 0 Å². The van der Waals surface area contributed by atoms with Crippen molar-refractivity contribution < 1.29 is 0 Å². The van der Waals surface area contributed by atoms with Crippen molar-refractivity contribution in [3.63, 3.8) is 0 Å². The van der Waals surface area contributed by atoms with Crippen molar-refractivity contribution in [2.75, 3.05) is 6.54 Å². The molecule has 1 saturated heterocycles. The molecule has 0 radical (unpaired) electrons. The number of hydrogen-bond donors (Lipinski definition) is 0. The zero-order chi connectivity index (χ0) is 9.80. The molecular weight excluding hydrogens is 172 g/mol. The van der Waals surface area contributed by atoms with Gasteiger partial charge in [0.1, 0.15) is 0 Å². The first kappa shape index (κ1) is 9.66. The molecule has 0 amide bonds. The lowest BCUT2D eigenvalue weighted by molar-refractivity contribution is 0.237. The molecule has 2 heteroatoms. The van der Waals surface area contributed by atoms with Crippen molar-refractivity contribution in [2.45, 2.75) is 38.8 Å². The normalized spacial score (nSPS) is 22.8. The van der Waals surface area contributed by atoms with Crippen LogP contribution < -0.4 is 0 Å². The van der Waals surface area contributed by atoms with Gasteiger partial charge in [0, 0.05) is 18.8 Å². The average molecular weight is 190 g/mol. The van der Waals surface area contributed by atoms with Crippen LogP contribution in [-0.4, -0.2) is 22.5 Å². The number of nitrogens with zero attached hydrogens (tertiary/aromatic N) is 2. The van der Waals surface area contributed by atoms with Gasteiger partial charge in [0.15, 0.2) is 0 Å². The second kappa shape index (κ2) is 4.56. The summed E-state index contributed by atoms with van der Waals surface area (Å²) >= 11 is 0. The third-order valence-electron chi connectivity index (χ3n) is 3.06. The molecule has 1 fully saturated rings. The Kier molecular flexibility index (Phi) is 3.14. The van der Waals surface area contributed by atoms with Crippen molar-refractivity contribution in [1.82, 2.24) is 9.88 Å². The summed E-state index contributed by atoms with van der Waals surface area (Å²) in [6.07, 6.45) is 5.87. The summed E-state index contributed by atoms with van der Waals surface area (Å²) in [5, 5.41) is 0. The average Bonchev–Trinajstić information content (AvgIpc) is 2.67. The zero-order valence-electron chi connectivity index (χ0n) is 8.82. The zero-order valence-corrected chi connectivity index (χ0v) is 8.82. The molecule has 1 aliphatic rings. The van der Waals surface area contributed by atoms with Gasteiger partial charge < -0.3 is 0 Å². The summed E-state index contributed by atoms with van der Waals surface area (Å²) in [7, 11) is 0. The molecule has 1 aromatic heterocycles. The molecule has 0 saturated carbocycles. The molecular formula is C12H18N2. The Bertz CT molecular complexity index is 271. The van der Waals surface area contributed by atoms with Gasteiger partial charge in [0.25, 0.3) is 0 Å². The van der Waals surface area contributed by atoms with Gasteiger partial charge in [-0.25, -0.2) is 0 Å². The summed E-state index contributed by atoms with van der Waals surface area (Å²) in [6.45, 7) is 4.55. The van der Waals surface area contributed by atoms with Crippen LogP contribution in [0.3, 0.4) is 0 Å². The predicted molar refractivity (Wildman–Crippen MR) is 58.0 cm³/mol. The maximum Gasteiger partial charge on any atom is 0.0544 e. The molecule has 0 bridgehead atoms. The Balaban J connectivity index is 1.97. The van der Waals surface area contributed by atoms with E-state index in [0.29, 0.717) is 0 Å². The maximum atomic E-state index is 4.37. The molecule has 1 aliphatic heterocycles. The van der Waals surface area contributed by atoms with Crippen LogP contribution in [0.2, 0.25) is 0 Å². The summed E-state index contributed by atoms with van der Waals surface area (Å²) in [5.74, 6) is 0. The fourth-order valence-corrected chi connectivity index (χ4v) is 2.27. The van der Waals surface area contributed by atoms with E-state index in [-0.39, 0.29) is 0 Å². The molecule has 2 heterocycles. The van der Waals surface area contributed by atoms with E-state index in [1.165, 1.54) is 31.5 Å². The van der Waals surface area contributed by atoms with Crippen molar-refractivity contribution in [1.29, 1.82) is 0 Å². The van der Waals surface area contributed by atoms with Crippen molar-refractivity contribution >= 4 is 0 Å². The van der Waals surface area contributed by atoms with Crippen LogP contribution in [0.25, 0.3) is 0 Å². The monoisotopic (exact) mass is 190 g/mol. The van der Waals surface area contributed by atoms with Crippen LogP contribution in [0.4, 0.5) is 0 Å². The molecule has 0 N–H and O–H groups in total. The number of aromatic nitrogens is 1. The lowest BCUT2D eigenvalue weighted by atomic mass is 10.1. The second-order valence-corrected chi connectivity index (χ2v) is 4.00. The van der Waals surface area contributed by atoms with Gasteiger partial charge in [-0.05, 0) is 37.9 Å². The van der Waals surface area contributed by atoms with E-state index in [4.69, 9.17) is 0 Å². The minimum atomic E-state index is 0.789. The summed E-state index contributed by atoms with van der Waals surface area (Å²) in [5.41, 5.74) is 1.20. The van der Waals surface area contributed by atoms with Gasteiger partial charge in [-0.3, -0.25) is 9.88 Å². The number of pyridine rings is 1. The fourth-order valence-electron chi connectivity index (χ4n) is 2.27. The fraction of sp³-hybridized carbons (Fsp3) is 0.583. The van der Waals surface area contributed by atoms with Gasteiger partial charge in [0.05, 0.1) is 5.69 Å². The van der Waals surface area contributed by atoms with Gasteiger partial charge in [-0.1, -0.05) is 13.0 Å². The van der Waals surface area contributed by atoms with Crippen LogP contribution >= 0.6 is 0 Å². The Morgan fingerprint density at radius 2 is 2.43 bits per heavy atom. The highest BCUT2D eigenvalue weighted by Crippen LogP contribution is 2.21. The Morgan fingerprint density at radius 3 is 3.14 bits per heavy atom. The van der Waals surface area contributed by atoms with E-state index < -0.39 is 0 Å². The number of rotatable bonds is 3. The molecule has 1 aromatic rings. The molecule has 14 heavy (non-hydrogen) atoms. The van der Waals surface area contributed by atoms with Crippen molar-refractivity contribution in [3.05, 3.63) is 30.1 Å². The minimum absolute atomic E-state index is 0.789. The van der Waals surface area contributed by atoms with E-state index in [1.807, 2.05) is 12.3 Å².